The lowest BCUT2D eigenvalue weighted by Gasteiger charge is -2.31. The Bertz CT molecular complexity index is 295. The first kappa shape index (κ1) is 10.3. The van der Waals surface area contributed by atoms with Gasteiger partial charge >= 0.3 is 0 Å². The lowest BCUT2D eigenvalue weighted by molar-refractivity contribution is 0.148. The predicted octanol–water partition coefficient (Wildman–Crippen LogP) is 0.939. The van der Waals surface area contributed by atoms with Gasteiger partial charge in [-0.3, -0.25) is 4.90 Å². The first-order valence-corrected chi connectivity index (χ1v) is 5.82. The maximum atomic E-state index is 5.72. The smallest absolute Gasteiger partial charge is 0.207 e. The molecule has 1 saturated heterocycles. The molecular weight excluding hydrogens is 220 g/mol. The number of aromatic nitrogens is 2. The highest BCUT2D eigenvalue weighted by Crippen LogP contribution is 2.16. The van der Waals surface area contributed by atoms with Gasteiger partial charge in [-0.1, -0.05) is 11.3 Å². The molecule has 0 spiro atoms. The molecule has 0 atom stereocenters. The number of rotatable bonds is 2. The van der Waals surface area contributed by atoms with E-state index in [1.807, 2.05) is 0 Å². The van der Waals surface area contributed by atoms with E-state index in [1.54, 1.807) is 0 Å². The molecule has 0 unspecified atom stereocenters. The highest BCUT2D eigenvalue weighted by molar-refractivity contribution is 7.15. The average Bonchev–Trinajstić information content (AvgIpc) is 2.56. The van der Waals surface area contributed by atoms with Crippen LogP contribution in [0.15, 0.2) is 0 Å². The van der Waals surface area contributed by atoms with Gasteiger partial charge in [-0.2, -0.15) is 0 Å². The first-order valence-electron chi connectivity index (χ1n) is 4.63. The zero-order chi connectivity index (χ0) is 9.97. The molecule has 1 aromatic rings. The monoisotopic (exact) mass is 232 g/mol. The Balaban J connectivity index is 1.86. The fourth-order valence-electron chi connectivity index (χ4n) is 1.49. The third-order valence-electron chi connectivity index (χ3n) is 2.40. The molecule has 1 aliphatic rings. The summed E-state index contributed by atoms with van der Waals surface area (Å²) in [6.07, 6.45) is 0. The van der Waals surface area contributed by atoms with E-state index in [9.17, 15) is 0 Å². The van der Waals surface area contributed by atoms with Gasteiger partial charge in [0.05, 0.1) is 6.54 Å². The van der Waals surface area contributed by atoms with Gasteiger partial charge in [0.2, 0.25) is 4.47 Å². The van der Waals surface area contributed by atoms with Crippen molar-refractivity contribution in [2.75, 3.05) is 33.2 Å². The highest BCUT2D eigenvalue weighted by atomic mass is 35.5. The zero-order valence-electron chi connectivity index (χ0n) is 8.11. The molecule has 0 amide bonds. The van der Waals surface area contributed by atoms with Crippen LogP contribution in [0.3, 0.4) is 0 Å². The van der Waals surface area contributed by atoms with E-state index in [0.29, 0.717) is 4.47 Å². The Morgan fingerprint density at radius 1 is 1.29 bits per heavy atom. The molecular formula is C8H13ClN4S. The second-order valence-electron chi connectivity index (χ2n) is 3.53. The first-order chi connectivity index (χ1) is 6.74. The molecule has 4 nitrogen and oxygen atoms in total. The van der Waals surface area contributed by atoms with E-state index < -0.39 is 0 Å². The van der Waals surface area contributed by atoms with Crippen molar-refractivity contribution in [1.29, 1.82) is 0 Å². The predicted molar refractivity (Wildman–Crippen MR) is 57.7 cm³/mol. The Hall–Kier alpha value is -0.230. The van der Waals surface area contributed by atoms with Crippen LogP contribution in [-0.2, 0) is 6.54 Å². The van der Waals surface area contributed by atoms with Crippen LogP contribution in [-0.4, -0.2) is 53.2 Å². The molecule has 0 N–H and O–H groups in total. The SMILES string of the molecule is CN1CCN(Cc2nnc(Cl)s2)CC1. The molecule has 2 rings (SSSR count). The highest BCUT2D eigenvalue weighted by Gasteiger charge is 2.15. The van der Waals surface area contributed by atoms with Gasteiger partial charge in [-0.05, 0) is 18.6 Å². The van der Waals surface area contributed by atoms with Gasteiger partial charge in [0.25, 0.3) is 0 Å². The number of halogens is 1. The van der Waals surface area contributed by atoms with Crippen molar-refractivity contribution in [2.24, 2.45) is 0 Å². The topological polar surface area (TPSA) is 32.3 Å². The van der Waals surface area contributed by atoms with Crippen LogP contribution in [0.4, 0.5) is 0 Å². The van der Waals surface area contributed by atoms with Crippen molar-refractivity contribution in [3.05, 3.63) is 9.47 Å². The normalized spacial score (nSPS) is 20.1. The number of hydrogen-bond donors (Lipinski definition) is 0. The zero-order valence-corrected chi connectivity index (χ0v) is 9.68. The Morgan fingerprint density at radius 2 is 2.00 bits per heavy atom. The summed E-state index contributed by atoms with van der Waals surface area (Å²) in [5.74, 6) is 0. The molecule has 0 bridgehead atoms. The van der Waals surface area contributed by atoms with Crippen molar-refractivity contribution < 1.29 is 0 Å². The molecule has 0 aliphatic carbocycles. The summed E-state index contributed by atoms with van der Waals surface area (Å²) < 4.78 is 0.536. The quantitative estimate of drug-likeness (QED) is 0.760. The summed E-state index contributed by atoms with van der Waals surface area (Å²) >= 11 is 7.19. The Labute approximate surface area is 92.5 Å². The van der Waals surface area contributed by atoms with Crippen molar-refractivity contribution in [2.45, 2.75) is 6.54 Å². The van der Waals surface area contributed by atoms with Crippen LogP contribution in [0.2, 0.25) is 4.47 Å². The fourth-order valence-corrected chi connectivity index (χ4v) is 2.40. The van der Waals surface area contributed by atoms with Crippen LogP contribution in [0.1, 0.15) is 5.01 Å². The molecule has 14 heavy (non-hydrogen) atoms. The van der Waals surface area contributed by atoms with Crippen LogP contribution in [0.25, 0.3) is 0 Å². The van der Waals surface area contributed by atoms with Crippen LogP contribution >= 0.6 is 22.9 Å². The van der Waals surface area contributed by atoms with E-state index in [1.165, 1.54) is 11.3 Å². The molecule has 0 radical (unpaired) electrons. The third kappa shape index (κ3) is 2.63. The molecule has 0 saturated carbocycles. The summed E-state index contributed by atoms with van der Waals surface area (Å²) in [6.45, 7) is 5.36. The lowest BCUT2D eigenvalue weighted by Crippen LogP contribution is -2.43. The maximum Gasteiger partial charge on any atom is 0.207 e. The number of likely N-dealkylation sites (N-methyl/N-ethyl adjacent to an activating group) is 1. The van der Waals surface area contributed by atoms with Gasteiger partial charge in [0.1, 0.15) is 5.01 Å². The van der Waals surface area contributed by atoms with E-state index in [0.717, 1.165) is 37.7 Å². The standard InChI is InChI=1S/C8H13ClN4S/c1-12-2-4-13(5-3-12)6-7-10-11-8(9)14-7/h2-6H2,1H3. The number of hydrogen-bond acceptors (Lipinski definition) is 5. The summed E-state index contributed by atoms with van der Waals surface area (Å²) in [7, 11) is 2.15. The van der Waals surface area contributed by atoms with Crippen molar-refractivity contribution >= 4 is 22.9 Å². The third-order valence-corrected chi connectivity index (χ3v) is 3.40. The molecule has 1 fully saturated rings. The molecule has 1 aromatic heterocycles. The minimum absolute atomic E-state index is 0.536. The van der Waals surface area contributed by atoms with Gasteiger partial charge in [-0.25, -0.2) is 0 Å². The van der Waals surface area contributed by atoms with Crippen LogP contribution in [0, 0.1) is 0 Å². The molecule has 78 valence electrons. The van der Waals surface area contributed by atoms with Crippen molar-refractivity contribution in [3.63, 3.8) is 0 Å². The van der Waals surface area contributed by atoms with Crippen molar-refractivity contribution in [1.82, 2.24) is 20.0 Å². The summed E-state index contributed by atoms with van der Waals surface area (Å²) in [6, 6.07) is 0. The maximum absolute atomic E-state index is 5.72. The van der Waals surface area contributed by atoms with Gasteiger partial charge in [0, 0.05) is 26.2 Å². The van der Waals surface area contributed by atoms with E-state index in [-0.39, 0.29) is 0 Å². The Morgan fingerprint density at radius 3 is 2.57 bits per heavy atom. The van der Waals surface area contributed by atoms with Crippen LogP contribution < -0.4 is 0 Å². The summed E-state index contributed by atoms with van der Waals surface area (Å²) in [5, 5.41) is 8.82. The van der Waals surface area contributed by atoms with Gasteiger partial charge < -0.3 is 4.90 Å². The van der Waals surface area contributed by atoms with E-state index in [2.05, 4.69) is 27.0 Å². The number of piperazine rings is 1. The summed E-state index contributed by atoms with van der Waals surface area (Å²) in [5.41, 5.74) is 0. The van der Waals surface area contributed by atoms with Gasteiger partial charge in [-0.15, -0.1) is 10.2 Å². The molecule has 6 heteroatoms. The average molecular weight is 233 g/mol. The largest absolute Gasteiger partial charge is 0.304 e. The minimum atomic E-state index is 0.536. The molecule has 2 heterocycles. The van der Waals surface area contributed by atoms with Gasteiger partial charge in [0.15, 0.2) is 0 Å². The van der Waals surface area contributed by atoms with E-state index >= 15 is 0 Å². The minimum Gasteiger partial charge on any atom is -0.304 e. The lowest BCUT2D eigenvalue weighted by atomic mass is 10.3. The summed E-state index contributed by atoms with van der Waals surface area (Å²) in [4.78, 5) is 4.72. The molecule has 0 aromatic carbocycles. The van der Waals surface area contributed by atoms with Crippen molar-refractivity contribution in [3.8, 4) is 0 Å². The van der Waals surface area contributed by atoms with E-state index in [4.69, 9.17) is 11.6 Å². The molecule has 1 aliphatic heterocycles. The van der Waals surface area contributed by atoms with Crippen LogP contribution in [0.5, 0.6) is 0 Å². The number of nitrogens with zero attached hydrogens (tertiary/aromatic N) is 4. The second-order valence-corrected chi connectivity index (χ2v) is 5.17. The second kappa shape index (κ2) is 4.53. The fraction of sp³-hybridized carbons (Fsp3) is 0.750. The Kier molecular flexibility index (Phi) is 3.33.